The maximum atomic E-state index is 12.1. The van der Waals surface area contributed by atoms with E-state index in [1.165, 1.54) is 36.9 Å². The molecule has 3 N–H and O–H groups in total. The molecular formula is C26H28N2O2+2. The zero-order valence-corrected chi connectivity index (χ0v) is 17.1. The maximum Gasteiger partial charge on any atom is 0.336 e. The number of piperidine rings is 1. The number of benzene rings is 3. The molecule has 3 aromatic carbocycles. The van der Waals surface area contributed by atoms with E-state index in [0.29, 0.717) is 11.6 Å². The van der Waals surface area contributed by atoms with Crippen molar-refractivity contribution in [2.45, 2.75) is 32.0 Å². The minimum Gasteiger partial charge on any atom is -0.423 e. The van der Waals surface area contributed by atoms with Crippen molar-refractivity contribution in [3.8, 4) is 0 Å². The molecule has 0 radical (unpaired) electrons. The number of nitrogens with one attached hydrogen (secondary N) is 1. The molecule has 0 aliphatic carbocycles. The lowest BCUT2D eigenvalue weighted by atomic mass is 10.0. The maximum absolute atomic E-state index is 12.1. The van der Waals surface area contributed by atoms with Gasteiger partial charge in [-0.05, 0) is 16.8 Å². The predicted octanol–water partition coefficient (Wildman–Crippen LogP) is 2.26. The number of rotatable bonds is 5. The van der Waals surface area contributed by atoms with Crippen LogP contribution in [0.2, 0.25) is 0 Å². The van der Waals surface area contributed by atoms with Crippen LogP contribution >= 0.6 is 0 Å². The van der Waals surface area contributed by atoms with Gasteiger partial charge in [0.1, 0.15) is 18.7 Å². The van der Waals surface area contributed by atoms with Crippen LogP contribution in [0.4, 0.5) is 0 Å². The molecule has 4 heteroatoms. The number of hydrogen-bond donors (Lipinski definition) is 2. The second kappa shape index (κ2) is 8.42. The van der Waals surface area contributed by atoms with Crippen LogP contribution in [-0.2, 0) is 13.1 Å². The van der Waals surface area contributed by atoms with E-state index in [4.69, 9.17) is 4.42 Å². The first-order valence-electron chi connectivity index (χ1n) is 10.9. The zero-order valence-electron chi connectivity index (χ0n) is 17.1. The highest BCUT2D eigenvalue weighted by Crippen LogP contribution is 2.26. The Balaban J connectivity index is 1.29. The summed E-state index contributed by atoms with van der Waals surface area (Å²) in [5, 5.41) is 5.84. The van der Waals surface area contributed by atoms with E-state index in [9.17, 15) is 4.79 Å². The largest absolute Gasteiger partial charge is 0.423 e. The molecule has 1 aromatic heterocycles. The second-order valence-electron chi connectivity index (χ2n) is 8.44. The molecule has 4 aromatic rings. The van der Waals surface area contributed by atoms with Gasteiger partial charge in [-0.1, -0.05) is 60.7 Å². The van der Waals surface area contributed by atoms with Crippen LogP contribution in [0.25, 0.3) is 21.7 Å². The Kier molecular flexibility index (Phi) is 5.35. The monoisotopic (exact) mass is 400 g/mol. The van der Waals surface area contributed by atoms with Crippen molar-refractivity contribution in [2.75, 3.05) is 13.1 Å². The fraction of sp³-hybridized carbons (Fsp3) is 0.269. The first-order valence-corrected chi connectivity index (χ1v) is 10.9. The Morgan fingerprint density at radius 1 is 0.933 bits per heavy atom. The number of fused-ring (bicyclic) bond motifs is 3. The van der Waals surface area contributed by atoms with Gasteiger partial charge in [0, 0.05) is 35.4 Å². The molecule has 5 rings (SSSR count). The fourth-order valence-corrected chi connectivity index (χ4v) is 4.82. The van der Waals surface area contributed by atoms with E-state index in [-0.39, 0.29) is 5.63 Å². The normalized spacial score (nSPS) is 19.3. The highest BCUT2D eigenvalue weighted by Gasteiger charge is 2.24. The average Bonchev–Trinajstić information content (AvgIpc) is 2.78. The SMILES string of the molecule is O=c1cc(C[NH2+]C2CC[NH+](Cc3ccccc3)CC2)c2c(ccc3ccccc32)o1. The topological polar surface area (TPSA) is 51.3 Å². The molecule has 1 aliphatic rings. The minimum absolute atomic E-state index is 0.261. The van der Waals surface area contributed by atoms with Crippen LogP contribution in [0.15, 0.2) is 82.0 Å². The molecule has 0 unspecified atom stereocenters. The van der Waals surface area contributed by atoms with Gasteiger partial charge in [-0.15, -0.1) is 0 Å². The molecule has 0 saturated carbocycles. The van der Waals surface area contributed by atoms with Crippen LogP contribution in [0, 0.1) is 0 Å². The van der Waals surface area contributed by atoms with Gasteiger partial charge in [-0.25, -0.2) is 4.79 Å². The molecule has 4 nitrogen and oxygen atoms in total. The van der Waals surface area contributed by atoms with Crippen molar-refractivity contribution in [1.29, 1.82) is 0 Å². The highest BCUT2D eigenvalue weighted by molar-refractivity contribution is 6.06. The van der Waals surface area contributed by atoms with Crippen molar-refractivity contribution in [3.05, 3.63) is 94.3 Å². The number of quaternary nitrogens is 2. The van der Waals surface area contributed by atoms with Gasteiger partial charge in [0.25, 0.3) is 0 Å². The van der Waals surface area contributed by atoms with Crippen molar-refractivity contribution in [1.82, 2.24) is 0 Å². The van der Waals surface area contributed by atoms with Gasteiger partial charge >= 0.3 is 5.63 Å². The fourth-order valence-electron chi connectivity index (χ4n) is 4.82. The van der Waals surface area contributed by atoms with E-state index in [2.05, 4.69) is 47.8 Å². The molecule has 2 heterocycles. The molecular weight excluding hydrogens is 372 g/mol. The molecule has 1 fully saturated rings. The standard InChI is InChI=1S/C26H26N2O2/c29-25-16-21(26-23-9-5-4-8-20(23)10-11-24(26)30-25)17-27-22-12-14-28(15-13-22)18-19-6-2-1-3-7-19/h1-11,16,22,27H,12-15,17-18H2/p+2. The van der Waals surface area contributed by atoms with E-state index in [1.807, 2.05) is 24.3 Å². The highest BCUT2D eigenvalue weighted by atomic mass is 16.4. The molecule has 0 bridgehead atoms. The van der Waals surface area contributed by atoms with Gasteiger partial charge in [-0.3, -0.25) is 0 Å². The summed E-state index contributed by atoms with van der Waals surface area (Å²) < 4.78 is 5.50. The van der Waals surface area contributed by atoms with Crippen LogP contribution < -0.4 is 15.8 Å². The van der Waals surface area contributed by atoms with Gasteiger partial charge in [-0.2, -0.15) is 0 Å². The van der Waals surface area contributed by atoms with Crippen LogP contribution in [-0.4, -0.2) is 19.1 Å². The quantitative estimate of drug-likeness (QED) is 0.399. The predicted molar refractivity (Wildman–Crippen MR) is 119 cm³/mol. The lowest BCUT2D eigenvalue weighted by Crippen LogP contribution is -3.13. The Bertz CT molecular complexity index is 1210. The van der Waals surface area contributed by atoms with Crippen molar-refractivity contribution >= 4 is 21.7 Å². The molecule has 0 atom stereocenters. The van der Waals surface area contributed by atoms with E-state index < -0.39 is 0 Å². The van der Waals surface area contributed by atoms with E-state index in [0.717, 1.165) is 29.4 Å². The molecule has 152 valence electrons. The van der Waals surface area contributed by atoms with Crippen molar-refractivity contribution in [2.24, 2.45) is 0 Å². The lowest BCUT2D eigenvalue weighted by Gasteiger charge is -2.28. The number of nitrogens with two attached hydrogens (primary N) is 1. The Hall–Kier alpha value is -2.95. The smallest absolute Gasteiger partial charge is 0.336 e. The summed E-state index contributed by atoms with van der Waals surface area (Å²) in [5.41, 5.74) is 2.93. The van der Waals surface area contributed by atoms with Crippen molar-refractivity contribution in [3.63, 3.8) is 0 Å². The van der Waals surface area contributed by atoms with Crippen LogP contribution in [0.5, 0.6) is 0 Å². The third-order valence-electron chi connectivity index (χ3n) is 6.42. The van der Waals surface area contributed by atoms with Gasteiger partial charge < -0.3 is 14.6 Å². The summed E-state index contributed by atoms with van der Waals surface area (Å²) in [4.78, 5) is 13.8. The second-order valence-corrected chi connectivity index (χ2v) is 8.44. The van der Waals surface area contributed by atoms with Gasteiger partial charge in [0.05, 0.1) is 19.1 Å². The van der Waals surface area contributed by atoms with Gasteiger partial charge in [0.15, 0.2) is 0 Å². The summed E-state index contributed by atoms with van der Waals surface area (Å²) in [5.74, 6) is 0. The molecule has 1 saturated heterocycles. The van der Waals surface area contributed by atoms with Gasteiger partial charge in [0.2, 0.25) is 0 Å². The van der Waals surface area contributed by atoms with Crippen LogP contribution in [0.3, 0.4) is 0 Å². The third kappa shape index (κ3) is 4.02. The summed E-state index contributed by atoms with van der Waals surface area (Å²) in [6.45, 7) is 4.34. The molecule has 0 amide bonds. The Labute approximate surface area is 176 Å². The molecule has 1 aliphatic heterocycles. The molecule has 30 heavy (non-hydrogen) atoms. The summed E-state index contributed by atoms with van der Waals surface area (Å²) in [6, 6.07) is 25.3. The van der Waals surface area contributed by atoms with Crippen LogP contribution in [0.1, 0.15) is 24.0 Å². The Morgan fingerprint density at radius 2 is 1.70 bits per heavy atom. The zero-order chi connectivity index (χ0) is 20.3. The summed E-state index contributed by atoms with van der Waals surface area (Å²) in [7, 11) is 0. The van der Waals surface area contributed by atoms with E-state index in [1.54, 1.807) is 11.0 Å². The average molecular weight is 401 g/mol. The first-order chi connectivity index (χ1) is 14.8. The minimum atomic E-state index is -0.261. The van der Waals surface area contributed by atoms with E-state index >= 15 is 0 Å². The summed E-state index contributed by atoms with van der Waals surface area (Å²) in [6.07, 6.45) is 2.42. The third-order valence-corrected chi connectivity index (χ3v) is 6.42. The number of likely N-dealkylation sites (tertiary alicyclic amines) is 1. The summed E-state index contributed by atoms with van der Waals surface area (Å²) >= 11 is 0. The first kappa shape index (κ1) is 19.0. The number of hydrogen-bond acceptors (Lipinski definition) is 2. The Morgan fingerprint density at radius 3 is 2.53 bits per heavy atom. The van der Waals surface area contributed by atoms with Crippen molar-refractivity contribution < 1.29 is 14.6 Å². The molecule has 0 spiro atoms. The lowest BCUT2D eigenvalue weighted by molar-refractivity contribution is -0.926.